The van der Waals surface area contributed by atoms with Crippen LogP contribution in [0.25, 0.3) is 0 Å². The fraction of sp³-hybridized carbons (Fsp3) is 0.333. The molecule has 0 saturated heterocycles. The molecule has 2 rings (SSSR count). The minimum absolute atomic E-state index is 0.00892. The molecule has 0 radical (unpaired) electrons. The number of aryl methyl sites for hydroxylation is 1. The van der Waals surface area contributed by atoms with E-state index in [4.69, 9.17) is 0 Å². The van der Waals surface area contributed by atoms with E-state index in [-0.39, 0.29) is 40.0 Å². The maximum atomic E-state index is 13.1. The van der Waals surface area contributed by atoms with Crippen LogP contribution >= 0.6 is 11.8 Å². The van der Waals surface area contributed by atoms with E-state index < -0.39 is 5.69 Å². The number of hydrogen-bond acceptors (Lipinski definition) is 5. The first-order valence-corrected chi connectivity index (χ1v) is 8.99. The second-order valence-corrected chi connectivity index (χ2v) is 7.05. The van der Waals surface area contributed by atoms with Gasteiger partial charge in [0, 0.05) is 5.69 Å². The van der Waals surface area contributed by atoms with Crippen molar-refractivity contribution in [1.29, 1.82) is 5.26 Å². The number of aromatic amines is 1. The number of thioether (sulfide) groups is 1. The number of H-pyrrole nitrogens is 1. The van der Waals surface area contributed by atoms with Crippen molar-refractivity contribution in [1.82, 2.24) is 15.3 Å². The van der Waals surface area contributed by atoms with Crippen molar-refractivity contribution in [2.24, 2.45) is 5.92 Å². The normalized spacial score (nSPS) is 11.8. The Morgan fingerprint density at radius 3 is 2.62 bits per heavy atom. The highest BCUT2D eigenvalue weighted by Gasteiger charge is 2.19. The van der Waals surface area contributed by atoms with Gasteiger partial charge in [-0.1, -0.05) is 37.7 Å². The summed E-state index contributed by atoms with van der Waals surface area (Å²) in [5, 5.41) is 12.3. The largest absolute Gasteiger partial charge is 0.348 e. The summed E-state index contributed by atoms with van der Waals surface area (Å²) < 4.78 is 13.1. The van der Waals surface area contributed by atoms with Crippen LogP contribution in [0.3, 0.4) is 0 Å². The molecule has 0 aliphatic heterocycles. The molecule has 0 aliphatic carbocycles. The molecule has 1 amide bonds. The zero-order chi connectivity index (χ0) is 19.3. The first-order valence-electron chi connectivity index (χ1n) is 8.00. The lowest BCUT2D eigenvalue weighted by Gasteiger charge is -2.23. The second kappa shape index (κ2) is 8.63. The fourth-order valence-electron chi connectivity index (χ4n) is 2.45. The van der Waals surface area contributed by atoms with Crippen LogP contribution in [0.1, 0.15) is 36.7 Å². The van der Waals surface area contributed by atoms with Gasteiger partial charge >= 0.3 is 5.69 Å². The monoisotopic (exact) mass is 374 g/mol. The van der Waals surface area contributed by atoms with Crippen LogP contribution in [-0.2, 0) is 4.79 Å². The average molecular weight is 374 g/mol. The summed E-state index contributed by atoms with van der Waals surface area (Å²) in [6.07, 6.45) is 0. The number of carbonyl (C=O) groups excluding carboxylic acids is 1. The van der Waals surface area contributed by atoms with Crippen LogP contribution in [0.2, 0.25) is 0 Å². The number of nitriles is 1. The Bertz CT molecular complexity index is 888. The molecule has 1 heterocycles. The molecule has 0 fully saturated rings. The quantitative estimate of drug-likeness (QED) is 0.598. The van der Waals surface area contributed by atoms with E-state index >= 15 is 0 Å². The standard InChI is InChI=1S/C18H19FN4O2S/c1-10(2)16(12-4-6-13(19)7-5-12)22-15(24)9-26-17-14(8-20)11(3)21-18(25)23-17/h4-7,10,16H,9H2,1-3H3,(H,22,24)(H,21,23,25)/t16-/m1/s1. The number of nitrogens with one attached hydrogen (secondary N) is 2. The van der Waals surface area contributed by atoms with Gasteiger partial charge in [-0.3, -0.25) is 4.79 Å². The van der Waals surface area contributed by atoms with Crippen molar-refractivity contribution in [3.8, 4) is 6.07 Å². The Balaban J connectivity index is 2.09. The van der Waals surface area contributed by atoms with Gasteiger partial charge in [0.05, 0.1) is 11.8 Å². The van der Waals surface area contributed by atoms with Crippen LogP contribution in [-0.4, -0.2) is 21.6 Å². The maximum Gasteiger partial charge on any atom is 0.346 e. The second-order valence-electron chi connectivity index (χ2n) is 6.09. The highest BCUT2D eigenvalue weighted by molar-refractivity contribution is 8.00. The Morgan fingerprint density at radius 1 is 1.38 bits per heavy atom. The van der Waals surface area contributed by atoms with Gasteiger partial charge in [0.1, 0.15) is 22.5 Å². The number of rotatable bonds is 6. The van der Waals surface area contributed by atoms with E-state index in [1.807, 2.05) is 19.9 Å². The zero-order valence-electron chi connectivity index (χ0n) is 14.7. The first-order chi connectivity index (χ1) is 12.3. The van der Waals surface area contributed by atoms with E-state index in [0.29, 0.717) is 5.69 Å². The number of benzene rings is 1. The molecule has 2 N–H and O–H groups in total. The van der Waals surface area contributed by atoms with Crippen molar-refractivity contribution in [3.63, 3.8) is 0 Å². The smallest absolute Gasteiger partial charge is 0.346 e. The maximum absolute atomic E-state index is 13.1. The number of halogens is 1. The minimum atomic E-state index is -0.559. The topological polar surface area (TPSA) is 98.6 Å². The van der Waals surface area contributed by atoms with Crippen LogP contribution in [0.15, 0.2) is 34.1 Å². The molecular formula is C18H19FN4O2S. The molecule has 0 spiro atoms. The van der Waals surface area contributed by atoms with Gasteiger partial charge in [0.2, 0.25) is 5.91 Å². The van der Waals surface area contributed by atoms with Crippen LogP contribution in [0, 0.1) is 30.0 Å². The molecule has 26 heavy (non-hydrogen) atoms. The molecule has 1 aromatic heterocycles. The fourth-order valence-corrected chi connectivity index (χ4v) is 3.29. The predicted molar refractivity (Wildman–Crippen MR) is 97.2 cm³/mol. The summed E-state index contributed by atoms with van der Waals surface area (Å²) >= 11 is 1.03. The lowest BCUT2D eigenvalue weighted by molar-refractivity contribution is -0.119. The van der Waals surface area contributed by atoms with Crippen molar-refractivity contribution < 1.29 is 9.18 Å². The van der Waals surface area contributed by atoms with E-state index in [9.17, 15) is 19.2 Å². The highest BCUT2D eigenvalue weighted by Crippen LogP contribution is 2.23. The van der Waals surface area contributed by atoms with Gasteiger partial charge in [0.25, 0.3) is 0 Å². The third-order valence-electron chi connectivity index (χ3n) is 3.75. The van der Waals surface area contributed by atoms with Gasteiger partial charge in [-0.15, -0.1) is 0 Å². The third-order valence-corrected chi connectivity index (χ3v) is 4.73. The molecule has 1 atom stereocenters. The Hall–Kier alpha value is -2.66. The zero-order valence-corrected chi connectivity index (χ0v) is 15.5. The number of hydrogen-bond donors (Lipinski definition) is 2. The van der Waals surface area contributed by atoms with Crippen molar-refractivity contribution in [2.45, 2.75) is 31.8 Å². The van der Waals surface area contributed by atoms with Crippen molar-refractivity contribution in [3.05, 3.63) is 57.4 Å². The average Bonchev–Trinajstić information content (AvgIpc) is 2.58. The summed E-state index contributed by atoms with van der Waals surface area (Å²) in [6, 6.07) is 7.71. The van der Waals surface area contributed by atoms with Crippen molar-refractivity contribution >= 4 is 17.7 Å². The summed E-state index contributed by atoms with van der Waals surface area (Å²) in [7, 11) is 0. The summed E-state index contributed by atoms with van der Waals surface area (Å²) in [5.74, 6) is -0.488. The number of carbonyl (C=O) groups is 1. The Morgan fingerprint density at radius 2 is 2.04 bits per heavy atom. The number of nitrogens with zero attached hydrogens (tertiary/aromatic N) is 2. The van der Waals surface area contributed by atoms with Gasteiger partial charge < -0.3 is 10.3 Å². The molecule has 2 aromatic rings. The molecular weight excluding hydrogens is 355 g/mol. The first kappa shape index (κ1) is 19.7. The molecule has 0 aliphatic rings. The molecule has 0 saturated carbocycles. The van der Waals surface area contributed by atoms with Gasteiger partial charge in [0.15, 0.2) is 0 Å². The molecule has 0 bridgehead atoms. The molecule has 0 unspecified atom stereocenters. The van der Waals surface area contributed by atoms with E-state index in [2.05, 4.69) is 15.3 Å². The van der Waals surface area contributed by atoms with Crippen molar-refractivity contribution in [2.75, 3.05) is 5.75 Å². The SMILES string of the molecule is Cc1[nH]c(=O)nc(SCC(=O)N[C@@H](c2ccc(F)cc2)C(C)C)c1C#N. The molecule has 6 nitrogen and oxygen atoms in total. The lowest BCUT2D eigenvalue weighted by Crippen LogP contribution is -2.33. The van der Waals surface area contributed by atoms with Crippen LogP contribution in [0.5, 0.6) is 0 Å². The Labute approximate surface area is 154 Å². The third kappa shape index (κ3) is 4.92. The number of aromatic nitrogens is 2. The van der Waals surface area contributed by atoms with E-state index in [1.165, 1.54) is 12.1 Å². The summed E-state index contributed by atoms with van der Waals surface area (Å²) in [5.41, 5.74) is 0.918. The Kier molecular flexibility index (Phi) is 6.52. The minimum Gasteiger partial charge on any atom is -0.348 e. The lowest BCUT2D eigenvalue weighted by atomic mass is 9.96. The van der Waals surface area contributed by atoms with E-state index in [1.54, 1.807) is 19.1 Å². The molecule has 8 heteroatoms. The summed E-state index contributed by atoms with van der Waals surface area (Å²) in [4.78, 5) is 30.0. The summed E-state index contributed by atoms with van der Waals surface area (Å²) in [6.45, 7) is 5.52. The predicted octanol–water partition coefficient (Wildman–Crippen LogP) is 2.69. The van der Waals surface area contributed by atoms with Crippen LogP contribution in [0.4, 0.5) is 4.39 Å². The van der Waals surface area contributed by atoms with Gasteiger partial charge in [-0.05, 0) is 30.5 Å². The number of amides is 1. The molecule has 1 aromatic carbocycles. The van der Waals surface area contributed by atoms with Gasteiger partial charge in [-0.25, -0.2) is 9.18 Å². The molecule has 136 valence electrons. The van der Waals surface area contributed by atoms with Crippen LogP contribution < -0.4 is 11.0 Å². The highest BCUT2D eigenvalue weighted by atomic mass is 32.2. The van der Waals surface area contributed by atoms with E-state index in [0.717, 1.165) is 17.3 Å². The van der Waals surface area contributed by atoms with Gasteiger partial charge in [-0.2, -0.15) is 10.2 Å².